The van der Waals surface area contributed by atoms with E-state index in [1.165, 1.54) is 127 Å². The molecule has 344 valence electrons. The van der Waals surface area contributed by atoms with Gasteiger partial charge in [-0.05, 0) is 149 Å². The van der Waals surface area contributed by atoms with Crippen LogP contribution < -0.4 is 4.90 Å². The normalized spacial score (nSPS) is 16.8. The van der Waals surface area contributed by atoms with E-state index in [4.69, 9.17) is 0 Å². The highest BCUT2D eigenvalue weighted by Crippen LogP contribution is 2.65. The largest absolute Gasteiger partial charge is 0.309 e. The van der Waals surface area contributed by atoms with Crippen molar-refractivity contribution in [3.05, 3.63) is 299 Å². The van der Waals surface area contributed by atoms with E-state index >= 15 is 0 Å². The molecule has 0 amide bonds. The molecule has 10 aromatic carbocycles. The number of rotatable bonds is 4. The van der Waals surface area contributed by atoms with E-state index in [1.807, 2.05) is 0 Å². The molecule has 0 bridgehead atoms. The van der Waals surface area contributed by atoms with Crippen molar-refractivity contribution < 1.29 is 0 Å². The van der Waals surface area contributed by atoms with Gasteiger partial charge in [-0.2, -0.15) is 0 Å². The van der Waals surface area contributed by atoms with Gasteiger partial charge in [0.25, 0.3) is 0 Å². The highest BCUT2D eigenvalue weighted by atomic mass is 15.2. The molecule has 0 N–H and O–H groups in total. The summed E-state index contributed by atoms with van der Waals surface area (Å²) in [6, 6.07) is 75.8. The number of anilines is 3. The molecule has 1 heteroatoms. The van der Waals surface area contributed by atoms with Crippen LogP contribution in [0, 0.1) is 12.8 Å². The van der Waals surface area contributed by atoms with Gasteiger partial charge in [0, 0.05) is 10.8 Å². The lowest BCUT2D eigenvalue weighted by molar-refractivity contribution is 0.753. The van der Waals surface area contributed by atoms with Gasteiger partial charge in [-0.1, -0.05) is 231 Å². The fourth-order valence-electron chi connectivity index (χ4n) is 12.4. The van der Waals surface area contributed by atoms with Crippen LogP contribution in [0.15, 0.2) is 255 Å². The van der Waals surface area contributed by atoms with Crippen molar-refractivity contribution in [2.45, 2.75) is 24.7 Å². The number of nitrogens with zero attached hydrogens (tertiary/aromatic N) is 1. The maximum atomic E-state index is 4.00. The van der Waals surface area contributed by atoms with Gasteiger partial charge in [0.1, 0.15) is 0 Å². The van der Waals surface area contributed by atoms with Crippen LogP contribution in [0.4, 0.5) is 17.1 Å². The zero-order valence-electron chi connectivity index (χ0n) is 40.5. The smallest absolute Gasteiger partial charge is 0.0754 e. The first-order valence-corrected chi connectivity index (χ1v) is 25.4. The molecule has 0 saturated carbocycles. The maximum Gasteiger partial charge on any atom is 0.0754 e. The van der Waals surface area contributed by atoms with Crippen molar-refractivity contribution in [2.75, 3.05) is 4.90 Å². The topological polar surface area (TPSA) is 3.24 Å². The van der Waals surface area contributed by atoms with Crippen molar-refractivity contribution in [3.63, 3.8) is 0 Å². The third kappa shape index (κ3) is 7.02. The molecule has 0 fully saturated rings. The molecule has 0 unspecified atom stereocenters. The Morgan fingerprint density at radius 2 is 0.986 bits per heavy atom. The molecule has 0 saturated heterocycles. The second kappa shape index (κ2) is 18.2. The van der Waals surface area contributed by atoms with Crippen LogP contribution in [0.2, 0.25) is 0 Å². The number of terminal acetylenes is 1. The molecule has 10 aromatic rings. The summed E-state index contributed by atoms with van der Waals surface area (Å²) in [6.45, 7) is 0. The summed E-state index contributed by atoms with van der Waals surface area (Å²) in [5.41, 5.74) is 20.9. The van der Waals surface area contributed by atoms with Gasteiger partial charge in [-0.3, -0.25) is 0 Å². The molecular formula is C72H51N. The number of hydrogen-bond donors (Lipinski definition) is 0. The van der Waals surface area contributed by atoms with Crippen LogP contribution in [-0.2, 0) is 11.8 Å². The predicted molar refractivity (Wildman–Crippen MR) is 312 cm³/mol. The lowest BCUT2D eigenvalue weighted by atomic mass is 9.64. The van der Waals surface area contributed by atoms with Crippen LogP contribution in [-0.4, -0.2) is 0 Å². The zero-order chi connectivity index (χ0) is 48.9. The first-order chi connectivity index (χ1) is 36.2. The van der Waals surface area contributed by atoms with Gasteiger partial charge in [0.2, 0.25) is 0 Å². The molecular weight excluding hydrogens is 879 g/mol. The molecule has 1 aliphatic heterocycles. The number of para-hydroxylation sites is 2. The zero-order valence-corrected chi connectivity index (χ0v) is 40.5. The van der Waals surface area contributed by atoms with E-state index in [1.54, 1.807) is 0 Å². The van der Waals surface area contributed by atoms with Crippen molar-refractivity contribution >= 4 is 66.6 Å². The standard InChI is InChI=1S/C70H49N.C2H2/c1-2-4-6-23-51(24-7-5-3-1)68-58-26-12-14-28-60(58)69(61-29-15-13-27-59(61)68)71-66-32-18-16-30-62(66)70(63-31-17-19-33-67(63)71)64-45-54(50-36-34-47-20-8-9-21-48(47)35-37-50)40-42-56(64)57-43-41-55(46-65(57)70)53-39-38-49-22-10-11-25-52(49)44-53;1-2/h1-2,4-22,24-34,36-46H,3,23,35H2;1-2H/b2-1-,6-4-,7-5-,51-24+;. The number of fused-ring (bicyclic) bond motifs is 13. The lowest BCUT2D eigenvalue weighted by Crippen LogP contribution is -2.36. The Morgan fingerprint density at radius 3 is 1.73 bits per heavy atom. The minimum atomic E-state index is -0.644. The highest BCUT2D eigenvalue weighted by molar-refractivity contribution is 6.20. The summed E-state index contributed by atoms with van der Waals surface area (Å²) in [7, 11) is 0. The average molecular weight is 930 g/mol. The average Bonchev–Trinajstić information content (AvgIpc) is 3.56. The van der Waals surface area contributed by atoms with Gasteiger partial charge < -0.3 is 4.90 Å². The summed E-state index contributed by atoms with van der Waals surface area (Å²) in [4.78, 5) is 2.61. The molecule has 4 aliphatic rings. The lowest BCUT2D eigenvalue weighted by Gasteiger charge is -2.45. The molecule has 1 spiro atoms. The van der Waals surface area contributed by atoms with Crippen LogP contribution in [0.3, 0.4) is 0 Å². The Kier molecular flexibility index (Phi) is 10.9. The van der Waals surface area contributed by atoms with Gasteiger partial charge in [-0.25, -0.2) is 0 Å². The monoisotopic (exact) mass is 929 g/mol. The second-order valence-corrected chi connectivity index (χ2v) is 19.3. The molecule has 0 aromatic heterocycles. The van der Waals surface area contributed by atoms with E-state index in [9.17, 15) is 0 Å². The summed E-state index contributed by atoms with van der Waals surface area (Å²) in [5, 5.41) is 7.47. The van der Waals surface area contributed by atoms with E-state index in [2.05, 4.69) is 279 Å². The van der Waals surface area contributed by atoms with Crippen molar-refractivity contribution in [3.8, 4) is 35.1 Å². The van der Waals surface area contributed by atoms with Crippen LogP contribution in [0.5, 0.6) is 0 Å². The highest BCUT2D eigenvalue weighted by Gasteiger charge is 2.52. The van der Waals surface area contributed by atoms with Gasteiger partial charge in [-0.15, -0.1) is 12.8 Å². The van der Waals surface area contributed by atoms with Crippen LogP contribution in [0.25, 0.3) is 71.8 Å². The van der Waals surface area contributed by atoms with Crippen molar-refractivity contribution in [1.29, 1.82) is 0 Å². The molecule has 1 nitrogen and oxygen atoms in total. The minimum absolute atomic E-state index is 0.644. The molecule has 0 radical (unpaired) electrons. The fraction of sp³-hybridized carbons (Fsp3) is 0.0556. The summed E-state index contributed by atoms with van der Waals surface area (Å²) >= 11 is 0. The van der Waals surface area contributed by atoms with Gasteiger partial charge in [0.15, 0.2) is 0 Å². The number of benzene rings is 10. The van der Waals surface area contributed by atoms with Crippen molar-refractivity contribution in [2.24, 2.45) is 0 Å². The Bertz CT molecular complexity index is 3980. The molecule has 0 atom stereocenters. The number of allylic oxidation sites excluding steroid dienone is 11. The van der Waals surface area contributed by atoms with E-state index in [0.29, 0.717) is 0 Å². The number of hydrogen-bond acceptors (Lipinski definition) is 1. The Balaban J connectivity index is 0.00000255. The van der Waals surface area contributed by atoms with E-state index < -0.39 is 5.41 Å². The van der Waals surface area contributed by atoms with Crippen LogP contribution >= 0.6 is 0 Å². The first kappa shape index (κ1) is 43.8. The second-order valence-electron chi connectivity index (χ2n) is 19.3. The fourth-order valence-corrected chi connectivity index (χ4v) is 12.4. The minimum Gasteiger partial charge on any atom is -0.309 e. The molecule has 73 heavy (non-hydrogen) atoms. The van der Waals surface area contributed by atoms with E-state index in [-0.39, 0.29) is 0 Å². The molecule has 3 aliphatic carbocycles. The maximum absolute atomic E-state index is 4.00. The quantitative estimate of drug-likeness (QED) is 0.126. The molecule has 14 rings (SSSR count). The predicted octanol–water partition coefficient (Wildman–Crippen LogP) is 18.7. The van der Waals surface area contributed by atoms with Crippen LogP contribution in [0.1, 0.15) is 57.3 Å². The van der Waals surface area contributed by atoms with Gasteiger partial charge in [0.05, 0.1) is 22.5 Å². The Labute approximate surface area is 428 Å². The Morgan fingerprint density at radius 1 is 0.425 bits per heavy atom. The summed E-state index contributed by atoms with van der Waals surface area (Å²) in [6.07, 6.45) is 33.4. The van der Waals surface area contributed by atoms with Crippen molar-refractivity contribution in [1.82, 2.24) is 0 Å². The first-order valence-electron chi connectivity index (χ1n) is 25.4. The third-order valence-electron chi connectivity index (χ3n) is 15.6. The summed E-state index contributed by atoms with van der Waals surface area (Å²) in [5.74, 6) is 0. The molecule has 1 heterocycles. The Hall–Kier alpha value is -9.22. The summed E-state index contributed by atoms with van der Waals surface area (Å²) < 4.78 is 0. The van der Waals surface area contributed by atoms with Gasteiger partial charge >= 0.3 is 0 Å². The van der Waals surface area contributed by atoms with E-state index in [0.717, 1.165) is 19.3 Å². The SMILES string of the molecule is C#C.C1=Cc2ccccc2CC=C1c1ccc2c(c1)C1(c3cc(-c4ccc5ccccc5c4)ccc3-2)c2ccccc2N(c2c3ccccc3c(/C3=C/C=C\C/C=C\C=C/C3)c3ccccc23)c2ccccc21. The third-order valence-corrected chi connectivity index (χ3v) is 15.6.